The van der Waals surface area contributed by atoms with Gasteiger partial charge in [0.1, 0.15) is 5.69 Å². The summed E-state index contributed by atoms with van der Waals surface area (Å²) < 4.78 is 0. The van der Waals surface area contributed by atoms with Crippen molar-refractivity contribution in [3.05, 3.63) is 29.6 Å². The van der Waals surface area contributed by atoms with Gasteiger partial charge in [-0.1, -0.05) is 0 Å². The number of nitrogens with one attached hydrogen (secondary N) is 2. The Bertz CT molecular complexity index is 515. The first kappa shape index (κ1) is 7.55. The highest BCUT2D eigenvalue weighted by Gasteiger charge is 2.21. The molecule has 3 heterocycles. The number of carbonyl (C=O) groups excluding carboxylic acids is 1. The second kappa shape index (κ2) is 2.57. The Balaban J connectivity index is 2.38. The summed E-state index contributed by atoms with van der Waals surface area (Å²) >= 11 is 0. The Labute approximate surface area is 80.3 Å². The Kier molecular flexibility index (Phi) is 1.39. The molecule has 1 aliphatic heterocycles. The maximum Gasteiger partial charge on any atom is 0.268 e. The van der Waals surface area contributed by atoms with Crippen molar-refractivity contribution in [3.63, 3.8) is 0 Å². The molecule has 14 heavy (non-hydrogen) atoms. The third kappa shape index (κ3) is 0.878. The van der Waals surface area contributed by atoms with E-state index >= 15 is 0 Å². The first-order chi connectivity index (χ1) is 6.86. The molecule has 0 fully saturated rings. The molecule has 0 aromatic carbocycles. The van der Waals surface area contributed by atoms with Crippen LogP contribution in [0.4, 0.5) is 0 Å². The summed E-state index contributed by atoms with van der Waals surface area (Å²) in [4.78, 5) is 18.9. The number of amides is 1. The monoisotopic (exact) mass is 187 g/mol. The summed E-state index contributed by atoms with van der Waals surface area (Å²) in [5.41, 5.74) is 3.58. The SMILES string of the molecule is O=C1NCCc2c1[nH]c1cccnc21. The standard InChI is InChI=1S/C10H9N3O/c14-10-9-6(3-5-12-10)8-7(13-9)2-1-4-11-8/h1-2,4,13H,3,5H2,(H,12,14). The van der Waals surface area contributed by atoms with Crippen LogP contribution in [0, 0.1) is 0 Å². The van der Waals surface area contributed by atoms with Gasteiger partial charge in [0.05, 0.1) is 11.0 Å². The summed E-state index contributed by atoms with van der Waals surface area (Å²) in [7, 11) is 0. The van der Waals surface area contributed by atoms with Crippen LogP contribution in [0.25, 0.3) is 11.0 Å². The van der Waals surface area contributed by atoms with Gasteiger partial charge in [-0.05, 0) is 18.6 Å². The molecule has 3 rings (SSSR count). The predicted molar refractivity (Wildman–Crippen MR) is 52.1 cm³/mol. The predicted octanol–water partition coefficient (Wildman–Crippen LogP) is 0.849. The molecule has 0 saturated heterocycles. The largest absolute Gasteiger partial charge is 0.350 e. The van der Waals surface area contributed by atoms with Crippen LogP contribution in [-0.4, -0.2) is 22.4 Å². The number of fused-ring (bicyclic) bond motifs is 3. The van der Waals surface area contributed by atoms with E-state index in [4.69, 9.17) is 0 Å². The quantitative estimate of drug-likeness (QED) is 0.642. The van der Waals surface area contributed by atoms with Crippen LogP contribution in [-0.2, 0) is 6.42 Å². The molecule has 0 atom stereocenters. The third-order valence-electron chi connectivity index (χ3n) is 2.54. The molecule has 70 valence electrons. The van der Waals surface area contributed by atoms with Gasteiger partial charge in [0.15, 0.2) is 0 Å². The zero-order valence-corrected chi connectivity index (χ0v) is 7.50. The average Bonchev–Trinajstić information content (AvgIpc) is 2.59. The Morgan fingerprint density at radius 1 is 1.43 bits per heavy atom. The molecule has 2 aromatic heterocycles. The van der Waals surface area contributed by atoms with Crippen molar-refractivity contribution in [2.45, 2.75) is 6.42 Å². The molecular formula is C10H9N3O. The normalized spacial score (nSPS) is 15.3. The fourth-order valence-electron chi connectivity index (χ4n) is 1.90. The zero-order valence-electron chi connectivity index (χ0n) is 7.50. The van der Waals surface area contributed by atoms with Crippen molar-refractivity contribution in [1.29, 1.82) is 0 Å². The molecule has 0 spiro atoms. The number of rotatable bonds is 0. The zero-order chi connectivity index (χ0) is 9.54. The van der Waals surface area contributed by atoms with Crippen molar-refractivity contribution in [2.24, 2.45) is 0 Å². The minimum atomic E-state index is -0.0238. The van der Waals surface area contributed by atoms with Crippen molar-refractivity contribution in [2.75, 3.05) is 6.54 Å². The van der Waals surface area contributed by atoms with E-state index in [1.165, 1.54) is 0 Å². The number of carbonyl (C=O) groups is 1. The highest BCUT2D eigenvalue weighted by molar-refractivity contribution is 6.00. The number of pyridine rings is 1. The summed E-state index contributed by atoms with van der Waals surface area (Å²) in [6.45, 7) is 0.704. The Morgan fingerprint density at radius 3 is 3.29 bits per heavy atom. The first-order valence-corrected chi connectivity index (χ1v) is 4.60. The minimum Gasteiger partial charge on any atom is -0.350 e. The molecule has 2 aromatic rings. The summed E-state index contributed by atoms with van der Waals surface area (Å²) in [5.74, 6) is -0.0238. The van der Waals surface area contributed by atoms with Gasteiger partial charge >= 0.3 is 0 Å². The highest BCUT2D eigenvalue weighted by atomic mass is 16.1. The van der Waals surface area contributed by atoms with E-state index in [0.29, 0.717) is 12.2 Å². The molecule has 2 N–H and O–H groups in total. The van der Waals surface area contributed by atoms with E-state index in [2.05, 4.69) is 15.3 Å². The molecule has 0 aliphatic carbocycles. The summed E-state index contributed by atoms with van der Waals surface area (Å²) in [6, 6.07) is 3.80. The molecule has 4 nitrogen and oxygen atoms in total. The van der Waals surface area contributed by atoms with Crippen LogP contribution in [0.5, 0.6) is 0 Å². The number of H-pyrrole nitrogens is 1. The molecule has 1 aliphatic rings. The Morgan fingerprint density at radius 2 is 2.36 bits per heavy atom. The van der Waals surface area contributed by atoms with E-state index in [1.807, 2.05) is 12.1 Å². The lowest BCUT2D eigenvalue weighted by molar-refractivity contribution is 0.0942. The smallest absolute Gasteiger partial charge is 0.268 e. The number of nitrogens with zero attached hydrogens (tertiary/aromatic N) is 1. The lowest BCUT2D eigenvalue weighted by Crippen LogP contribution is -2.31. The van der Waals surface area contributed by atoms with Crippen LogP contribution in [0.1, 0.15) is 16.1 Å². The molecule has 0 unspecified atom stereocenters. The van der Waals surface area contributed by atoms with E-state index in [0.717, 1.165) is 23.0 Å². The molecule has 0 bridgehead atoms. The topological polar surface area (TPSA) is 57.8 Å². The van der Waals surface area contributed by atoms with Gasteiger partial charge in [0, 0.05) is 18.3 Å². The van der Waals surface area contributed by atoms with Gasteiger partial charge in [-0.3, -0.25) is 9.78 Å². The maximum absolute atomic E-state index is 11.5. The van der Waals surface area contributed by atoms with Crippen molar-refractivity contribution >= 4 is 16.9 Å². The van der Waals surface area contributed by atoms with E-state index in [1.54, 1.807) is 6.20 Å². The van der Waals surface area contributed by atoms with Crippen LogP contribution in [0.15, 0.2) is 18.3 Å². The van der Waals surface area contributed by atoms with Crippen molar-refractivity contribution < 1.29 is 4.79 Å². The van der Waals surface area contributed by atoms with Crippen LogP contribution >= 0.6 is 0 Å². The first-order valence-electron chi connectivity index (χ1n) is 4.60. The van der Waals surface area contributed by atoms with E-state index in [-0.39, 0.29) is 5.91 Å². The van der Waals surface area contributed by atoms with Crippen LogP contribution in [0.3, 0.4) is 0 Å². The molecule has 0 saturated carbocycles. The fourth-order valence-corrected chi connectivity index (χ4v) is 1.90. The highest BCUT2D eigenvalue weighted by Crippen LogP contribution is 2.22. The third-order valence-corrected chi connectivity index (χ3v) is 2.54. The number of aromatic amines is 1. The lowest BCUT2D eigenvalue weighted by Gasteiger charge is -2.11. The van der Waals surface area contributed by atoms with Gasteiger partial charge < -0.3 is 10.3 Å². The molecule has 0 radical (unpaired) electrons. The van der Waals surface area contributed by atoms with Gasteiger partial charge in [0.2, 0.25) is 0 Å². The fraction of sp³-hybridized carbons (Fsp3) is 0.200. The van der Waals surface area contributed by atoms with Gasteiger partial charge in [-0.15, -0.1) is 0 Å². The maximum atomic E-state index is 11.5. The average molecular weight is 187 g/mol. The van der Waals surface area contributed by atoms with Crippen molar-refractivity contribution in [3.8, 4) is 0 Å². The minimum absolute atomic E-state index is 0.0238. The molecule has 4 heteroatoms. The molecule has 1 amide bonds. The Hall–Kier alpha value is -1.84. The van der Waals surface area contributed by atoms with Gasteiger partial charge in [-0.25, -0.2) is 0 Å². The summed E-state index contributed by atoms with van der Waals surface area (Å²) in [6.07, 6.45) is 2.61. The number of hydrogen-bond donors (Lipinski definition) is 2. The number of aromatic nitrogens is 2. The number of hydrogen-bond acceptors (Lipinski definition) is 2. The summed E-state index contributed by atoms with van der Waals surface area (Å²) in [5, 5.41) is 2.80. The van der Waals surface area contributed by atoms with Crippen molar-refractivity contribution in [1.82, 2.24) is 15.3 Å². The lowest BCUT2D eigenvalue weighted by atomic mass is 10.1. The van der Waals surface area contributed by atoms with Gasteiger partial charge in [0.25, 0.3) is 5.91 Å². The second-order valence-corrected chi connectivity index (χ2v) is 3.38. The van der Waals surface area contributed by atoms with Crippen LogP contribution in [0.2, 0.25) is 0 Å². The second-order valence-electron chi connectivity index (χ2n) is 3.38. The van der Waals surface area contributed by atoms with Crippen LogP contribution < -0.4 is 5.32 Å². The van der Waals surface area contributed by atoms with Gasteiger partial charge in [-0.2, -0.15) is 0 Å². The van der Waals surface area contributed by atoms with E-state index in [9.17, 15) is 4.79 Å². The molecular weight excluding hydrogens is 178 g/mol. The van der Waals surface area contributed by atoms with E-state index < -0.39 is 0 Å².